The van der Waals surface area contributed by atoms with E-state index in [1.807, 2.05) is 29.1 Å². The van der Waals surface area contributed by atoms with Gasteiger partial charge in [0.05, 0.1) is 25.0 Å². The van der Waals surface area contributed by atoms with Gasteiger partial charge in [0.15, 0.2) is 0 Å². The van der Waals surface area contributed by atoms with Crippen LogP contribution in [0.5, 0.6) is 0 Å². The highest BCUT2D eigenvalue weighted by Crippen LogP contribution is 2.11. The van der Waals surface area contributed by atoms with Gasteiger partial charge in [-0.2, -0.15) is 0 Å². The molecule has 0 bridgehead atoms. The molecule has 8 nitrogen and oxygen atoms in total. The Kier molecular flexibility index (Phi) is 5.08. The smallest absolute Gasteiger partial charge is 0.104 e. The minimum atomic E-state index is -0.00906. The normalized spacial score (nSPS) is 15.3. The molecule has 0 aliphatic carbocycles. The van der Waals surface area contributed by atoms with E-state index in [0.717, 1.165) is 37.3 Å². The molecule has 1 aliphatic rings. The van der Waals surface area contributed by atoms with Crippen LogP contribution < -0.4 is 5.43 Å². The summed E-state index contributed by atoms with van der Waals surface area (Å²) in [7, 11) is 1.88. The van der Waals surface area contributed by atoms with E-state index < -0.39 is 0 Å². The minimum absolute atomic E-state index is 0.00906. The first-order chi connectivity index (χ1) is 9.72. The first kappa shape index (κ1) is 14.5. The molecule has 2 rings (SSSR count). The molecule has 110 valence electrons. The van der Waals surface area contributed by atoms with Crippen molar-refractivity contribution in [3.05, 3.63) is 23.8 Å². The zero-order valence-electron chi connectivity index (χ0n) is 11.7. The number of nitrogens with zero attached hydrogens (tertiary/aromatic N) is 6. The van der Waals surface area contributed by atoms with Crippen LogP contribution in [-0.2, 0) is 13.1 Å². The van der Waals surface area contributed by atoms with Gasteiger partial charge in [0.25, 0.3) is 0 Å². The summed E-state index contributed by atoms with van der Waals surface area (Å²) in [6.07, 6.45) is 5.83. The molecule has 2 N–H and O–H groups in total. The topological polar surface area (TPSA) is 81.8 Å². The van der Waals surface area contributed by atoms with Crippen molar-refractivity contribution in [1.82, 2.24) is 30.5 Å². The lowest BCUT2D eigenvalue weighted by atomic mass is 10.3. The fourth-order valence-corrected chi connectivity index (χ4v) is 1.98. The molecule has 0 fully saturated rings. The molecule has 8 heteroatoms. The number of rotatable bonds is 8. The Morgan fingerprint density at radius 3 is 3.00 bits per heavy atom. The third-order valence-corrected chi connectivity index (χ3v) is 3.03. The zero-order valence-corrected chi connectivity index (χ0v) is 11.7. The number of aliphatic hydroxyl groups excluding tert-OH is 1. The highest BCUT2D eigenvalue weighted by atomic mass is 16.3. The van der Waals surface area contributed by atoms with Crippen molar-refractivity contribution in [3.63, 3.8) is 0 Å². The van der Waals surface area contributed by atoms with Crippen molar-refractivity contribution in [2.75, 3.05) is 20.2 Å². The van der Waals surface area contributed by atoms with Gasteiger partial charge in [0, 0.05) is 26.3 Å². The summed E-state index contributed by atoms with van der Waals surface area (Å²) in [4.78, 5) is 3.82. The molecule has 0 aromatic carbocycles. The van der Waals surface area contributed by atoms with Crippen molar-refractivity contribution >= 4 is 6.72 Å². The molecular weight excluding hydrogens is 258 g/mol. The number of aliphatic hydroxyl groups is 1. The summed E-state index contributed by atoms with van der Waals surface area (Å²) < 4.78 is 1.85. The second-order valence-corrected chi connectivity index (χ2v) is 4.67. The van der Waals surface area contributed by atoms with E-state index in [2.05, 4.69) is 27.4 Å². The Bertz CT molecular complexity index is 470. The molecule has 20 heavy (non-hydrogen) atoms. The van der Waals surface area contributed by atoms with Crippen LogP contribution >= 0.6 is 0 Å². The number of hydrogen-bond donors (Lipinski definition) is 2. The SMILES string of the molecule is C=NCCCCn1cc(CN2C=C(CO)NN2C)nn1. The second-order valence-electron chi connectivity index (χ2n) is 4.67. The number of aryl methyl sites for hydroxylation is 1. The van der Waals surface area contributed by atoms with Crippen LogP contribution in [0.15, 0.2) is 23.1 Å². The Labute approximate surface area is 118 Å². The van der Waals surface area contributed by atoms with Crippen LogP contribution in [0.2, 0.25) is 0 Å². The molecule has 0 unspecified atom stereocenters. The molecule has 0 spiro atoms. The van der Waals surface area contributed by atoms with Crippen molar-refractivity contribution < 1.29 is 5.11 Å². The van der Waals surface area contributed by atoms with Gasteiger partial charge >= 0.3 is 0 Å². The molecular formula is C12H21N7O. The van der Waals surface area contributed by atoms with E-state index in [-0.39, 0.29) is 6.61 Å². The second kappa shape index (κ2) is 7.01. The highest BCUT2D eigenvalue weighted by molar-refractivity contribution is 5.22. The lowest BCUT2D eigenvalue weighted by Crippen LogP contribution is -2.38. The van der Waals surface area contributed by atoms with E-state index in [0.29, 0.717) is 6.54 Å². The van der Waals surface area contributed by atoms with Crippen LogP contribution in [0.25, 0.3) is 0 Å². The maximum atomic E-state index is 9.08. The number of unbranched alkanes of at least 4 members (excludes halogenated alkanes) is 1. The molecule has 1 aromatic rings. The van der Waals surface area contributed by atoms with Crippen LogP contribution in [0.1, 0.15) is 18.5 Å². The van der Waals surface area contributed by atoms with Gasteiger partial charge in [0.2, 0.25) is 0 Å². The first-order valence-electron chi connectivity index (χ1n) is 6.63. The lowest BCUT2D eigenvalue weighted by Gasteiger charge is -2.23. The van der Waals surface area contributed by atoms with Crippen LogP contribution in [0.4, 0.5) is 0 Å². The molecule has 0 radical (unpaired) electrons. The molecule has 0 saturated heterocycles. The summed E-state index contributed by atoms with van der Waals surface area (Å²) in [6.45, 7) is 5.70. The lowest BCUT2D eigenvalue weighted by molar-refractivity contribution is 0.0261. The number of nitrogens with one attached hydrogen (secondary N) is 1. The van der Waals surface area contributed by atoms with Gasteiger partial charge in [-0.05, 0) is 19.6 Å². The third-order valence-electron chi connectivity index (χ3n) is 3.03. The fourth-order valence-electron chi connectivity index (χ4n) is 1.98. The molecule has 0 saturated carbocycles. The number of aliphatic imine (C=N–C) groups is 1. The molecule has 1 aromatic heterocycles. The van der Waals surface area contributed by atoms with Crippen molar-refractivity contribution in [2.24, 2.45) is 4.99 Å². The molecule has 1 aliphatic heterocycles. The number of hydrazine groups is 2. The molecule has 0 amide bonds. The minimum Gasteiger partial charge on any atom is -0.390 e. The van der Waals surface area contributed by atoms with E-state index >= 15 is 0 Å². The quantitative estimate of drug-likeness (QED) is 0.505. The van der Waals surface area contributed by atoms with Gasteiger partial charge in [0.1, 0.15) is 5.69 Å². The summed E-state index contributed by atoms with van der Waals surface area (Å²) in [5.74, 6) is 0. The summed E-state index contributed by atoms with van der Waals surface area (Å²) in [5.41, 5.74) is 4.67. The predicted molar refractivity (Wildman–Crippen MR) is 75.3 cm³/mol. The highest BCUT2D eigenvalue weighted by Gasteiger charge is 2.18. The van der Waals surface area contributed by atoms with E-state index in [1.54, 1.807) is 5.12 Å². The summed E-state index contributed by atoms with van der Waals surface area (Å²) in [5, 5.41) is 21.1. The Balaban J connectivity index is 1.83. The van der Waals surface area contributed by atoms with Gasteiger partial charge < -0.3 is 15.5 Å². The van der Waals surface area contributed by atoms with Crippen molar-refractivity contribution in [2.45, 2.75) is 25.9 Å². The summed E-state index contributed by atoms with van der Waals surface area (Å²) >= 11 is 0. The van der Waals surface area contributed by atoms with Crippen LogP contribution in [0, 0.1) is 0 Å². The van der Waals surface area contributed by atoms with Crippen LogP contribution in [0.3, 0.4) is 0 Å². The standard InChI is InChI=1S/C12H21N7O/c1-13-5-3-4-6-18-7-11(14-16-18)8-19-9-12(10-20)15-17(19)2/h7,9,15,20H,1,3-6,8,10H2,2H3. The van der Waals surface area contributed by atoms with E-state index in [9.17, 15) is 0 Å². The number of aromatic nitrogens is 3. The van der Waals surface area contributed by atoms with Crippen molar-refractivity contribution in [1.29, 1.82) is 0 Å². The average molecular weight is 279 g/mol. The average Bonchev–Trinajstić information content (AvgIpc) is 3.03. The van der Waals surface area contributed by atoms with E-state index in [4.69, 9.17) is 5.11 Å². The fraction of sp³-hybridized carbons (Fsp3) is 0.583. The van der Waals surface area contributed by atoms with Gasteiger partial charge in [-0.15, -0.1) is 10.2 Å². The van der Waals surface area contributed by atoms with Gasteiger partial charge in [-0.1, -0.05) is 5.21 Å². The number of hydrogen-bond acceptors (Lipinski definition) is 7. The third kappa shape index (κ3) is 3.78. The molecule has 0 atom stereocenters. The largest absolute Gasteiger partial charge is 0.390 e. The Hall–Kier alpha value is -1.93. The van der Waals surface area contributed by atoms with Gasteiger partial charge in [-0.3, -0.25) is 9.69 Å². The zero-order chi connectivity index (χ0) is 14.4. The first-order valence-corrected chi connectivity index (χ1v) is 6.63. The van der Waals surface area contributed by atoms with Crippen molar-refractivity contribution in [3.8, 4) is 0 Å². The monoisotopic (exact) mass is 279 g/mol. The summed E-state index contributed by atoms with van der Waals surface area (Å²) in [6, 6.07) is 0. The predicted octanol–water partition coefficient (Wildman–Crippen LogP) is -0.240. The Morgan fingerprint density at radius 2 is 2.30 bits per heavy atom. The van der Waals surface area contributed by atoms with E-state index in [1.165, 1.54) is 0 Å². The maximum absolute atomic E-state index is 9.08. The Morgan fingerprint density at radius 1 is 1.45 bits per heavy atom. The molecule has 2 heterocycles. The van der Waals surface area contributed by atoms with Gasteiger partial charge in [-0.25, -0.2) is 0 Å². The van der Waals surface area contributed by atoms with Crippen LogP contribution in [-0.4, -0.2) is 57.1 Å². The maximum Gasteiger partial charge on any atom is 0.104 e.